The molecule has 1 amide bonds. The molecule has 0 fully saturated rings. The van der Waals surface area contributed by atoms with Crippen molar-refractivity contribution in [2.75, 3.05) is 19.0 Å². The highest BCUT2D eigenvalue weighted by Crippen LogP contribution is 2.23. The number of hydrogen-bond acceptors (Lipinski definition) is 6. The van der Waals surface area contributed by atoms with Crippen LogP contribution in [0.2, 0.25) is 5.02 Å². The molecule has 0 saturated carbocycles. The zero-order valence-corrected chi connectivity index (χ0v) is 16.0. The molecule has 3 aromatic rings. The molecule has 0 unspecified atom stereocenters. The quantitative estimate of drug-likeness (QED) is 0.635. The lowest BCUT2D eigenvalue weighted by Gasteiger charge is -2.06. The number of amides is 1. The molecule has 0 spiro atoms. The SMILES string of the molecule is COc1ccc(/C=C/c2nnc(NC(=O)COc3ccccc3Cl)s2)cc1. The maximum absolute atomic E-state index is 12.0. The predicted octanol–water partition coefficient (Wildman–Crippen LogP) is 4.39. The molecular weight excluding hydrogens is 386 g/mol. The molecule has 0 atom stereocenters. The van der Waals surface area contributed by atoms with Crippen molar-refractivity contribution in [3.63, 3.8) is 0 Å². The van der Waals surface area contributed by atoms with Gasteiger partial charge in [-0.25, -0.2) is 0 Å². The highest BCUT2D eigenvalue weighted by atomic mass is 35.5. The van der Waals surface area contributed by atoms with E-state index in [0.29, 0.717) is 20.9 Å². The van der Waals surface area contributed by atoms with E-state index in [2.05, 4.69) is 15.5 Å². The summed E-state index contributed by atoms with van der Waals surface area (Å²) in [6.45, 7) is -0.166. The van der Waals surface area contributed by atoms with Gasteiger partial charge < -0.3 is 9.47 Å². The van der Waals surface area contributed by atoms with Crippen LogP contribution in [0.4, 0.5) is 5.13 Å². The molecule has 6 nitrogen and oxygen atoms in total. The second-order valence-electron chi connectivity index (χ2n) is 5.32. The number of benzene rings is 2. The minimum Gasteiger partial charge on any atom is -0.497 e. The van der Waals surface area contributed by atoms with Gasteiger partial charge in [-0.15, -0.1) is 10.2 Å². The van der Waals surface area contributed by atoms with Gasteiger partial charge in [0.15, 0.2) is 6.61 Å². The lowest BCUT2D eigenvalue weighted by Crippen LogP contribution is -2.20. The summed E-state index contributed by atoms with van der Waals surface area (Å²) in [7, 11) is 1.63. The van der Waals surface area contributed by atoms with E-state index in [1.165, 1.54) is 11.3 Å². The van der Waals surface area contributed by atoms with Gasteiger partial charge in [-0.05, 0) is 35.9 Å². The van der Waals surface area contributed by atoms with Gasteiger partial charge in [-0.1, -0.05) is 53.3 Å². The Labute approximate surface area is 165 Å². The summed E-state index contributed by atoms with van der Waals surface area (Å²) in [4.78, 5) is 12.0. The van der Waals surface area contributed by atoms with E-state index in [4.69, 9.17) is 21.1 Å². The van der Waals surface area contributed by atoms with Crippen molar-refractivity contribution in [2.24, 2.45) is 0 Å². The molecule has 0 bridgehead atoms. The Kier molecular flexibility index (Phi) is 6.40. The summed E-state index contributed by atoms with van der Waals surface area (Å²) in [5.41, 5.74) is 1.00. The fourth-order valence-electron chi connectivity index (χ4n) is 2.10. The van der Waals surface area contributed by atoms with E-state index in [0.717, 1.165) is 11.3 Å². The standard InChI is InChI=1S/C19H16ClN3O3S/c1-25-14-9-6-13(7-10-14)8-11-18-22-23-19(27-18)21-17(24)12-26-16-5-3-2-4-15(16)20/h2-11H,12H2,1H3,(H,21,23,24)/b11-8+. The number of halogens is 1. The zero-order valence-electron chi connectivity index (χ0n) is 14.4. The topological polar surface area (TPSA) is 73.3 Å². The highest BCUT2D eigenvalue weighted by molar-refractivity contribution is 7.16. The maximum Gasteiger partial charge on any atom is 0.264 e. The van der Waals surface area contributed by atoms with E-state index >= 15 is 0 Å². The maximum atomic E-state index is 12.0. The fourth-order valence-corrected chi connectivity index (χ4v) is 2.95. The van der Waals surface area contributed by atoms with Gasteiger partial charge in [0.1, 0.15) is 16.5 Å². The first-order chi connectivity index (χ1) is 13.1. The van der Waals surface area contributed by atoms with E-state index in [1.807, 2.05) is 36.4 Å². The Morgan fingerprint density at radius 3 is 2.67 bits per heavy atom. The van der Waals surface area contributed by atoms with Gasteiger partial charge in [0.05, 0.1) is 12.1 Å². The van der Waals surface area contributed by atoms with Crippen LogP contribution in [-0.2, 0) is 4.79 Å². The Morgan fingerprint density at radius 2 is 1.93 bits per heavy atom. The van der Waals surface area contributed by atoms with Gasteiger partial charge in [-0.2, -0.15) is 0 Å². The summed E-state index contributed by atoms with van der Waals surface area (Å²) >= 11 is 7.25. The van der Waals surface area contributed by atoms with Crippen LogP contribution in [0.3, 0.4) is 0 Å². The Morgan fingerprint density at radius 1 is 1.15 bits per heavy atom. The number of para-hydroxylation sites is 1. The van der Waals surface area contributed by atoms with Crippen LogP contribution >= 0.6 is 22.9 Å². The van der Waals surface area contributed by atoms with Crippen molar-refractivity contribution in [3.8, 4) is 11.5 Å². The molecule has 138 valence electrons. The van der Waals surface area contributed by atoms with Gasteiger partial charge in [0.25, 0.3) is 5.91 Å². The molecule has 0 aliphatic carbocycles. The minimum atomic E-state index is -0.336. The Balaban J connectivity index is 1.53. The molecule has 1 heterocycles. The minimum absolute atomic E-state index is 0.166. The van der Waals surface area contributed by atoms with Gasteiger partial charge in [-0.3, -0.25) is 10.1 Å². The molecule has 1 N–H and O–H groups in total. The second kappa shape index (κ2) is 9.16. The smallest absolute Gasteiger partial charge is 0.264 e. The molecule has 0 aliphatic rings. The number of carbonyl (C=O) groups excluding carboxylic acids is 1. The molecule has 0 saturated heterocycles. The average Bonchev–Trinajstić information content (AvgIpc) is 3.13. The molecule has 0 aliphatic heterocycles. The first-order valence-electron chi connectivity index (χ1n) is 7.97. The van der Waals surface area contributed by atoms with Crippen LogP contribution in [0.15, 0.2) is 48.5 Å². The molecule has 3 rings (SSSR count). The van der Waals surface area contributed by atoms with Crippen LogP contribution in [-0.4, -0.2) is 29.8 Å². The van der Waals surface area contributed by atoms with Crippen molar-refractivity contribution >= 4 is 46.1 Å². The van der Waals surface area contributed by atoms with E-state index in [1.54, 1.807) is 31.4 Å². The summed E-state index contributed by atoms with van der Waals surface area (Å²) in [5, 5.41) is 12.2. The van der Waals surface area contributed by atoms with Crippen LogP contribution in [0.5, 0.6) is 11.5 Å². The number of aromatic nitrogens is 2. The molecular formula is C19H16ClN3O3S. The predicted molar refractivity (Wildman–Crippen MR) is 107 cm³/mol. The van der Waals surface area contributed by atoms with Crippen molar-refractivity contribution in [2.45, 2.75) is 0 Å². The number of nitrogens with zero attached hydrogens (tertiary/aromatic N) is 2. The highest BCUT2D eigenvalue weighted by Gasteiger charge is 2.09. The third kappa shape index (κ3) is 5.54. The summed E-state index contributed by atoms with van der Waals surface area (Å²) < 4.78 is 10.5. The van der Waals surface area contributed by atoms with Gasteiger partial charge in [0, 0.05) is 0 Å². The fraction of sp³-hybridized carbons (Fsp3) is 0.105. The molecule has 8 heteroatoms. The van der Waals surface area contributed by atoms with Crippen LogP contribution in [0.25, 0.3) is 12.2 Å². The normalized spacial score (nSPS) is 10.7. The number of carbonyl (C=O) groups is 1. The Bertz CT molecular complexity index is 941. The zero-order chi connectivity index (χ0) is 19.1. The van der Waals surface area contributed by atoms with Crippen molar-refractivity contribution < 1.29 is 14.3 Å². The van der Waals surface area contributed by atoms with E-state index in [9.17, 15) is 4.79 Å². The lowest BCUT2D eigenvalue weighted by molar-refractivity contribution is -0.118. The number of ether oxygens (including phenoxy) is 2. The number of hydrogen-bond donors (Lipinski definition) is 1. The lowest BCUT2D eigenvalue weighted by atomic mass is 10.2. The Hall–Kier alpha value is -2.90. The third-order valence-corrected chi connectivity index (χ3v) is 4.53. The summed E-state index contributed by atoms with van der Waals surface area (Å²) in [5.74, 6) is 0.915. The largest absolute Gasteiger partial charge is 0.497 e. The van der Waals surface area contributed by atoms with E-state index < -0.39 is 0 Å². The third-order valence-electron chi connectivity index (χ3n) is 3.42. The van der Waals surface area contributed by atoms with Crippen LogP contribution in [0.1, 0.15) is 10.6 Å². The van der Waals surface area contributed by atoms with Crippen LogP contribution < -0.4 is 14.8 Å². The van der Waals surface area contributed by atoms with Crippen molar-refractivity contribution in [3.05, 3.63) is 64.1 Å². The summed E-state index contributed by atoms with van der Waals surface area (Å²) in [6.07, 6.45) is 3.74. The van der Waals surface area contributed by atoms with Crippen molar-refractivity contribution in [1.82, 2.24) is 10.2 Å². The average molecular weight is 402 g/mol. The monoisotopic (exact) mass is 401 g/mol. The number of methoxy groups -OCH3 is 1. The molecule has 2 aromatic carbocycles. The summed E-state index contributed by atoms with van der Waals surface area (Å²) in [6, 6.07) is 14.6. The number of rotatable bonds is 7. The number of anilines is 1. The van der Waals surface area contributed by atoms with Gasteiger partial charge >= 0.3 is 0 Å². The second-order valence-corrected chi connectivity index (χ2v) is 6.74. The number of nitrogens with one attached hydrogen (secondary N) is 1. The molecule has 1 aromatic heterocycles. The molecule has 0 radical (unpaired) electrons. The van der Waals surface area contributed by atoms with Gasteiger partial charge in [0.2, 0.25) is 5.13 Å². The first kappa shape index (κ1) is 18.9. The van der Waals surface area contributed by atoms with Crippen molar-refractivity contribution in [1.29, 1.82) is 0 Å². The first-order valence-corrected chi connectivity index (χ1v) is 9.16. The molecule has 27 heavy (non-hydrogen) atoms. The van der Waals surface area contributed by atoms with Crippen LogP contribution in [0, 0.1) is 0 Å². The van der Waals surface area contributed by atoms with E-state index in [-0.39, 0.29) is 12.5 Å².